The van der Waals surface area contributed by atoms with Gasteiger partial charge in [0.15, 0.2) is 5.78 Å². The first-order valence-electron chi connectivity index (χ1n) is 5.39. The Labute approximate surface area is 103 Å². The smallest absolute Gasteiger partial charge is 0.170 e. The molecule has 0 saturated carbocycles. The number of anilines is 1. The first-order valence-corrected chi connectivity index (χ1v) is 5.39. The number of Topliss-reactive ketones (excluding diaryl/α,β-unsaturated/α-hetero) is 1. The molecule has 0 fully saturated rings. The van der Waals surface area contributed by atoms with Gasteiger partial charge in [0.1, 0.15) is 11.6 Å². The number of hydrogen-bond acceptors (Lipinski definition) is 2. The second kappa shape index (κ2) is 4.96. The molecule has 4 heteroatoms. The van der Waals surface area contributed by atoms with Crippen molar-refractivity contribution < 1.29 is 13.6 Å². The molecular formula is C14H11F2NO. The molecule has 0 aliphatic heterocycles. The fraction of sp³-hybridized carbons (Fsp3) is 0.0714. The normalized spacial score (nSPS) is 10.3. The summed E-state index contributed by atoms with van der Waals surface area (Å²) in [4.78, 5) is 11.9. The van der Waals surface area contributed by atoms with Crippen molar-refractivity contribution in [3.05, 3.63) is 65.2 Å². The fourth-order valence-corrected chi connectivity index (χ4v) is 1.70. The minimum atomic E-state index is -0.844. The van der Waals surface area contributed by atoms with Gasteiger partial charge in [-0.1, -0.05) is 12.1 Å². The predicted octanol–water partition coefficient (Wildman–Crippen LogP) is 2.97. The zero-order valence-corrected chi connectivity index (χ0v) is 9.49. The van der Waals surface area contributed by atoms with Gasteiger partial charge in [-0.25, -0.2) is 8.78 Å². The molecule has 18 heavy (non-hydrogen) atoms. The van der Waals surface area contributed by atoms with E-state index in [0.717, 1.165) is 12.1 Å². The molecule has 0 unspecified atom stereocenters. The maximum absolute atomic E-state index is 13.4. The Morgan fingerprint density at radius 2 is 1.89 bits per heavy atom. The zero-order valence-electron chi connectivity index (χ0n) is 9.49. The molecule has 2 nitrogen and oxygen atoms in total. The number of benzene rings is 2. The lowest BCUT2D eigenvalue weighted by Crippen LogP contribution is -2.06. The van der Waals surface area contributed by atoms with Gasteiger partial charge in [-0.15, -0.1) is 0 Å². The van der Waals surface area contributed by atoms with Crippen LogP contribution in [0.15, 0.2) is 42.5 Å². The standard InChI is InChI=1S/C14H11F2NO/c15-10-4-5-12(13(16)8-10)14(18)7-9-2-1-3-11(17)6-9/h1-6,8H,7,17H2. The van der Waals surface area contributed by atoms with Crippen molar-refractivity contribution in [3.8, 4) is 0 Å². The van der Waals surface area contributed by atoms with Crippen molar-refractivity contribution in [1.29, 1.82) is 0 Å². The molecule has 0 bridgehead atoms. The third-order valence-corrected chi connectivity index (χ3v) is 2.55. The molecule has 2 aromatic carbocycles. The van der Waals surface area contributed by atoms with Crippen LogP contribution in [0.4, 0.5) is 14.5 Å². The molecule has 0 heterocycles. The van der Waals surface area contributed by atoms with Crippen LogP contribution in [-0.2, 0) is 6.42 Å². The van der Waals surface area contributed by atoms with E-state index in [9.17, 15) is 13.6 Å². The van der Waals surface area contributed by atoms with Gasteiger partial charge < -0.3 is 5.73 Å². The molecule has 0 amide bonds. The Kier molecular flexibility index (Phi) is 3.37. The highest BCUT2D eigenvalue weighted by Crippen LogP contribution is 2.14. The molecule has 2 aromatic rings. The van der Waals surface area contributed by atoms with Crippen LogP contribution in [0.2, 0.25) is 0 Å². The SMILES string of the molecule is Nc1cccc(CC(=O)c2ccc(F)cc2F)c1. The van der Waals surface area contributed by atoms with E-state index in [-0.39, 0.29) is 12.0 Å². The van der Waals surface area contributed by atoms with Gasteiger partial charge in [0.05, 0.1) is 5.56 Å². The van der Waals surface area contributed by atoms with Crippen LogP contribution in [0, 0.1) is 11.6 Å². The minimum Gasteiger partial charge on any atom is -0.399 e. The van der Waals surface area contributed by atoms with Gasteiger partial charge in [-0.05, 0) is 29.8 Å². The highest BCUT2D eigenvalue weighted by Gasteiger charge is 2.13. The largest absolute Gasteiger partial charge is 0.399 e. The highest BCUT2D eigenvalue weighted by molar-refractivity contribution is 5.97. The van der Waals surface area contributed by atoms with E-state index in [2.05, 4.69) is 0 Å². The molecule has 2 N–H and O–H groups in total. The quantitative estimate of drug-likeness (QED) is 0.669. The summed E-state index contributed by atoms with van der Waals surface area (Å²) >= 11 is 0. The van der Waals surface area contributed by atoms with E-state index < -0.39 is 17.4 Å². The van der Waals surface area contributed by atoms with Gasteiger partial charge in [0.2, 0.25) is 0 Å². The van der Waals surface area contributed by atoms with Crippen LogP contribution in [-0.4, -0.2) is 5.78 Å². The number of hydrogen-bond donors (Lipinski definition) is 1. The second-order valence-electron chi connectivity index (χ2n) is 3.97. The van der Waals surface area contributed by atoms with Crippen molar-refractivity contribution in [2.24, 2.45) is 0 Å². The van der Waals surface area contributed by atoms with Crippen molar-refractivity contribution in [2.45, 2.75) is 6.42 Å². The summed E-state index contributed by atoms with van der Waals surface area (Å²) in [6.07, 6.45) is 0.0353. The van der Waals surface area contributed by atoms with Gasteiger partial charge in [-0.2, -0.15) is 0 Å². The Morgan fingerprint density at radius 3 is 2.56 bits per heavy atom. The monoisotopic (exact) mass is 247 g/mol. The number of nitrogens with two attached hydrogens (primary N) is 1. The summed E-state index contributed by atoms with van der Waals surface area (Å²) in [5.41, 5.74) is 6.72. The number of ketones is 1. The molecular weight excluding hydrogens is 236 g/mol. The third-order valence-electron chi connectivity index (χ3n) is 2.55. The van der Waals surface area contributed by atoms with Gasteiger partial charge in [0.25, 0.3) is 0 Å². The van der Waals surface area contributed by atoms with Crippen molar-refractivity contribution in [2.75, 3.05) is 5.73 Å². The van der Waals surface area contributed by atoms with Gasteiger partial charge in [0, 0.05) is 18.2 Å². The number of rotatable bonds is 3. The molecule has 0 atom stereocenters. The molecule has 2 rings (SSSR count). The summed E-state index contributed by atoms with van der Waals surface area (Å²) in [5, 5.41) is 0. The van der Waals surface area contributed by atoms with Crippen molar-refractivity contribution in [1.82, 2.24) is 0 Å². The van der Waals surface area contributed by atoms with Crippen molar-refractivity contribution >= 4 is 11.5 Å². The molecule has 0 saturated heterocycles. The van der Waals surface area contributed by atoms with E-state index in [0.29, 0.717) is 17.3 Å². The van der Waals surface area contributed by atoms with Crippen LogP contribution >= 0.6 is 0 Å². The average Bonchev–Trinajstić information content (AvgIpc) is 2.28. The van der Waals surface area contributed by atoms with E-state index in [1.165, 1.54) is 0 Å². The summed E-state index contributed by atoms with van der Waals surface area (Å²) < 4.78 is 26.1. The van der Waals surface area contributed by atoms with E-state index >= 15 is 0 Å². The number of carbonyl (C=O) groups excluding carboxylic acids is 1. The molecule has 0 aliphatic carbocycles. The van der Waals surface area contributed by atoms with E-state index in [1.54, 1.807) is 24.3 Å². The Hall–Kier alpha value is -2.23. The minimum absolute atomic E-state index is 0.0353. The Bertz CT molecular complexity index is 596. The number of carbonyl (C=O) groups is 1. The Balaban J connectivity index is 2.22. The van der Waals surface area contributed by atoms with Gasteiger partial charge >= 0.3 is 0 Å². The lowest BCUT2D eigenvalue weighted by molar-refractivity contribution is 0.0989. The highest BCUT2D eigenvalue weighted by atomic mass is 19.1. The van der Waals surface area contributed by atoms with E-state index in [4.69, 9.17) is 5.73 Å². The molecule has 0 aromatic heterocycles. The number of halogens is 2. The first-order chi connectivity index (χ1) is 8.56. The lowest BCUT2D eigenvalue weighted by atomic mass is 10.0. The zero-order chi connectivity index (χ0) is 13.1. The van der Waals surface area contributed by atoms with Crippen LogP contribution in [0.25, 0.3) is 0 Å². The maximum Gasteiger partial charge on any atom is 0.170 e. The van der Waals surface area contributed by atoms with Crippen LogP contribution in [0.3, 0.4) is 0 Å². The third kappa shape index (κ3) is 2.71. The van der Waals surface area contributed by atoms with Gasteiger partial charge in [-0.3, -0.25) is 4.79 Å². The summed E-state index contributed by atoms with van der Waals surface area (Å²) in [5.74, 6) is -1.95. The molecule has 0 spiro atoms. The van der Waals surface area contributed by atoms with Crippen LogP contribution in [0.1, 0.15) is 15.9 Å². The average molecular weight is 247 g/mol. The molecule has 0 radical (unpaired) electrons. The number of nitrogen functional groups attached to an aromatic ring is 1. The molecule has 0 aliphatic rings. The van der Waals surface area contributed by atoms with Crippen LogP contribution in [0.5, 0.6) is 0 Å². The van der Waals surface area contributed by atoms with E-state index in [1.807, 2.05) is 0 Å². The topological polar surface area (TPSA) is 43.1 Å². The van der Waals surface area contributed by atoms with Crippen molar-refractivity contribution in [3.63, 3.8) is 0 Å². The van der Waals surface area contributed by atoms with Crippen LogP contribution < -0.4 is 5.73 Å². The molecule has 92 valence electrons. The summed E-state index contributed by atoms with van der Waals surface area (Å²) in [6.45, 7) is 0. The first kappa shape index (κ1) is 12.2. The lowest BCUT2D eigenvalue weighted by Gasteiger charge is -2.04. The summed E-state index contributed by atoms with van der Waals surface area (Å²) in [7, 11) is 0. The second-order valence-corrected chi connectivity index (χ2v) is 3.97. The predicted molar refractivity (Wildman–Crippen MR) is 65.2 cm³/mol. The summed E-state index contributed by atoms with van der Waals surface area (Å²) in [6, 6.07) is 9.72. The maximum atomic E-state index is 13.4. The fourth-order valence-electron chi connectivity index (χ4n) is 1.70. The Morgan fingerprint density at radius 1 is 1.11 bits per heavy atom.